The Morgan fingerprint density at radius 2 is 1.80 bits per heavy atom. The lowest BCUT2D eigenvalue weighted by Crippen LogP contribution is -2.63. The Morgan fingerprint density at radius 1 is 1.16 bits per heavy atom. The van der Waals surface area contributed by atoms with Crippen molar-refractivity contribution in [1.82, 2.24) is 0 Å². The number of hydrogen-bond donors (Lipinski definition) is 0. The maximum atomic E-state index is 12.7. The first-order valence-corrected chi connectivity index (χ1v) is 7.83. The number of rotatable bonds is 5. The van der Waals surface area contributed by atoms with Crippen LogP contribution in [0, 0.1) is 10.1 Å². The van der Waals surface area contributed by atoms with E-state index in [-0.39, 0.29) is 18.2 Å². The molecule has 1 amide bonds. The Hall–Kier alpha value is -3.22. The maximum absolute atomic E-state index is 12.7. The van der Waals surface area contributed by atoms with Crippen LogP contribution in [-0.2, 0) is 14.3 Å². The molecule has 1 aliphatic rings. The molecular formula is C18H16N2O5. The lowest BCUT2D eigenvalue weighted by atomic mass is 9.81. The van der Waals surface area contributed by atoms with E-state index in [0.717, 1.165) is 5.56 Å². The van der Waals surface area contributed by atoms with E-state index in [1.807, 2.05) is 6.07 Å². The van der Waals surface area contributed by atoms with Crippen molar-refractivity contribution in [1.29, 1.82) is 0 Å². The first-order valence-electron chi connectivity index (χ1n) is 7.83. The number of nitrogens with zero attached hydrogens (tertiary/aromatic N) is 2. The maximum Gasteiger partial charge on any atom is 0.330 e. The Bertz CT molecular complexity index is 804. The standard InChI is InChI=1S/C18H16N2O5/c1-2-25-18(22)16-15(12-6-4-3-5-7-12)17(21)19(16)13-8-10-14(11-9-13)20(23)24/h3-11,15-16H,2H2,1H3. The van der Waals surface area contributed by atoms with E-state index in [1.165, 1.54) is 29.2 Å². The van der Waals surface area contributed by atoms with E-state index in [9.17, 15) is 19.7 Å². The molecule has 2 aromatic rings. The van der Waals surface area contributed by atoms with Crippen LogP contribution in [0.15, 0.2) is 54.6 Å². The molecule has 1 fully saturated rings. The van der Waals surface area contributed by atoms with Gasteiger partial charge in [-0.3, -0.25) is 19.8 Å². The summed E-state index contributed by atoms with van der Waals surface area (Å²) in [4.78, 5) is 36.7. The molecule has 25 heavy (non-hydrogen) atoms. The van der Waals surface area contributed by atoms with Crippen LogP contribution in [0.25, 0.3) is 0 Å². The number of esters is 1. The summed E-state index contributed by atoms with van der Waals surface area (Å²) in [5, 5.41) is 10.8. The molecular weight excluding hydrogens is 324 g/mol. The van der Waals surface area contributed by atoms with E-state index < -0.39 is 22.9 Å². The fourth-order valence-corrected chi connectivity index (χ4v) is 2.97. The highest BCUT2D eigenvalue weighted by Crippen LogP contribution is 2.40. The van der Waals surface area contributed by atoms with Gasteiger partial charge in [0.25, 0.3) is 5.69 Å². The molecule has 0 aliphatic carbocycles. The van der Waals surface area contributed by atoms with Gasteiger partial charge < -0.3 is 4.74 Å². The fourth-order valence-electron chi connectivity index (χ4n) is 2.97. The van der Waals surface area contributed by atoms with Gasteiger partial charge in [0.1, 0.15) is 6.04 Å². The third kappa shape index (κ3) is 2.96. The largest absolute Gasteiger partial charge is 0.464 e. The number of ether oxygens (including phenoxy) is 1. The molecule has 0 N–H and O–H groups in total. The molecule has 2 unspecified atom stereocenters. The van der Waals surface area contributed by atoms with Crippen molar-refractivity contribution >= 4 is 23.3 Å². The normalized spacial score (nSPS) is 19.2. The minimum atomic E-state index is -0.781. The molecule has 1 heterocycles. The van der Waals surface area contributed by atoms with Crippen LogP contribution in [0.5, 0.6) is 0 Å². The average Bonchev–Trinajstić information content (AvgIpc) is 2.61. The molecule has 1 saturated heterocycles. The van der Waals surface area contributed by atoms with Gasteiger partial charge in [-0.25, -0.2) is 4.79 Å². The van der Waals surface area contributed by atoms with Crippen molar-refractivity contribution < 1.29 is 19.2 Å². The molecule has 0 aromatic heterocycles. The molecule has 0 radical (unpaired) electrons. The summed E-state index contributed by atoms with van der Waals surface area (Å²) in [5.74, 6) is -1.34. The van der Waals surface area contributed by atoms with Crippen molar-refractivity contribution in [2.75, 3.05) is 11.5 Å². The summed E-state index contributed by atoms with van der Waals surface area (Å²) in [6.07, 6.45) is 0. The number of β-lactam (4-membered cyclic amide) rings is 1. The van der Waals surface area contributed by atoms with Gasteiger partial charge in [0.15, 0.2) is 0 Å². The van der Waals surface area contributed by atoms with E-state index in [4.69, 9.17) is 4.74 Å². The van der Waals surface area contributed by atoms with Crippen molar-refractivity contribution in [3.63, 3.8) is 0 Å². The number of amides is 1. The van der Waals surface area contributed by atoms with Crippen molar-refractivity contribution in [3.05, 3.63) is 70.3 Å². The topological polar surface area (TPSA) is 89.8 Å². The minimum Gasteiger partial charge on any atom is -0.464 e. The zero-order valence-electron chi connectivity index (χ0n) is 13.5. The zero-order valence-corrected chi connectivity index (χ0v) is 13.5. The average molecular weight is 340 g/mol. The SMILES string of the molecule is CCOC(=O)C1C(c2ccccc2)C(=O)N1c1ccc([N+](=O)[O-])cc1. The molecule has 128 valence electrons. The van der Waals surface area contributed by atoms with E-state index in [0.29, 0.717) is 5.69 Å². The molecule has 1 aliphatic heterocycles. The monoisotopic (exact) mass is 340 g/mol. The molecule has 7 heteroatoms. The van der Waals surface area contributed by atoms with Gasteiger partial charge in [0, 0.05) is 17.8 Å². The number of nitro benzene ring substituents is 1. The van der Waals surface area contributed by atoms with Crippen molar-refractivity contribution in [3.8, 4) is 0 Å². The first kappa shape index (κ1) is 16.6. The van der Waals surface area contributed by atoms with Gasteiger partial charge in [0.2, 0.25) is 5.91 Å². The fraction of sp³-hybridized carbons (Fsp3) is 0.222. The van der Waals surface area contributed by atoms with Gasteiger partial charge in [-0.15, -0.1) is 0 Å². The number of nitro groups is 1. The second kappa shape index (κ2) is 6.72. The quantitative estimate of drug-likeness (QED) is 0.361. The van der Waals surface area contributed by atoms with Crippen LogP contribution in [0.2, 0.25) is 0 Å². The van der Waals surface area contributed by atoms with Gasteiger partial charge >= 0.3 is 5.97 Å². The van der Waals surface area contributed by atoms with E-state index in [1.54, 1.807) is 31.2 Å². The molecule has 2 aromatic carbocycles. The highest BCUT2D eigenvalue weighted by atomic mass is 16.6. The number of carbonyl (C=O) groups is 2. The van der Waals surface area contributed by atoms with Crippen LogP contribution >= 0.6 is 0 Å². The van der Waals surface area contributed by atoms with E-state index in [2.05, 4.69) is 0 Å². The Balaban J connectivity index is 1.94. The minimum absolute atomic E-state index is 0.0796. The lowest BCUT2D eigenvalue weighted by Gasteiger charge is -2.45. The molecule has 0 saturated carbocycles. The summed E-state index contributed by atoms with van der Waals surface area (Å²) in [5.41, 5.74) is 1.09. The predicted molar refractivity (Wildman–Crippen MR) is 90.2 cm³/mol. The second-order valence-corrected chi connectivity index (χ2v) is 5.57. The second-order valence-electron chi connectivity index (χ2n) is 5.57. The van der Waals surface area contributed by atoms with Gasteiger partial charge in [0.05, 0.1) is 17.4 Å². The van der Waals surface area contributed by atoms with Crippen LogP contribution in [-0.4, -0.2) is 29.4 Å². The Labute approximate surface area is 144 Å². The van der Waals surface area contributed by atoms with Crippen LogP contribution in [0.4, 0.5) is 11.4 Å². The summed E-state index contributed by atoms with van der Waals surface area (Å²) < 4.78 is 5.12. The summed E-state index contributed by atoms with van der Waals surface area (Å²) in [6, 6.07) is 13.8. The number of carbonyl (C=O) groups excluding carboxylic acids is 2. The van der Waals surface area contributed by atoms with Gasteiger partial charge in [-0.1, -0.05) is 30.3 Å². The van der Waals surface area contributed by atoms with E-state index >= 15 is 0 Å². The van der Waals surface area contributed by atoms with Gasteiger partial charge in [-0.05, 0) is 24.6 Å². The smallest absolute Gasteiger partial charge is 0.330 e. The van der Waals surface area contributed by atoms with Crippen LogP contribution in [0.3, 0.4) is 0 Å². The predicted octanol–water partition coefficient (Wildman–Crippen LogP) is 2.66. The molecule has 3 rings (SSSR count). The summed E-state index contributed by atoms with van der Waals surface area (Å²) >= 11 is 0. The number of benzene rings is 2. The van der Waals surface area contributed by atoms with Crippen molar-refractivity contribution in [2.45, 2.75) is 18.9 Å². The number of anilines is 1. The van der Waals surface area contributed by atoms with Crippen LogP contribution in [0.1, 0.15) is 18.4 Å². The van der Waals surface area contributed by atoms with Crippen molar-refractivity contribution in [2.24, 2.45) is 0 Å². The molecule has 0 bridgehead atoms. The summed E-state index contributed by atoms with van der Waals surface area (Å²) in [6.45, 7) is 1.91. The molecule has 2 atom stereocenters. The van der Waals surface area contributed by atoms with Gasteiger partial charge in [-0.2, -0.15) is 0 Å². The van der Waals surface area contributed by atoms with Crippen LogP contribution < -0.4 is 4.90 Å². The molecule has 7 nitrogen and oxygen atoms in total. The number of hydrogen-bond acceptors (Lipinski definition) is 5. The lowest BCUT2D eigenvalue weighted by molar-refractivity contribution is -0.384. The Kier molecular flexibility index (Phi) is 4.47. The first-order chi connectivity index (χ1) is 12.0. The zero-order chi connectivity index (χ0) is 18.0. The Morgan fingerprint density at radius 3 is 2.36 bits per heavy atom. The third-order valence-electron chi connectivity index (χ3n) is 4.12. The molecule has 0 spiro atoms. The summed E-state index contributed by atoms with van der Waals surface area (Å²) in [7, 11) is 0. The highest BCUT2D eigenvalue weighted by Gasteiger charge is 2.53. The highest BCUT2D eigenvalue weighted by molar-refractivity contribution is 6.13. The third-order valence-corrected chi connectivity index (χ3v) is 4.12. The number of non-ortho nitro benzene ring substituents is 1.